The zero-order chi connectivity index (χ0) is 19.3. The van der Waals surface area contributed by atoms with E-state index in [1.165, 1.54) is 38.5 Å². The Morgan fingerprint density at radius 2 is 1.70 bits per heavy atom. The Morgan fingerprint density at radius 1 is 1.15 bits per heavy atom. The van der Waals surface area contributed by atoms with Crippen molar-refractivity contribution >= 4 is 17.5 Å². The molecule has 0 saturated heterocycles. The van der Waals surface area contributed by atoms with Gasteiger partial charge < -0.3 is 5.32 Å². The van der Waals surface area contributed by atoms with Crippen molar-refractivity contribution in [3.8, 4) is 0 Å². The number of rotatable bonds is 6. The van der Waals surface area contributed by atoms with Crippen molar-refractivity contribution in [3.05, 3.63) is 16.4 Å². The van der Waals surface area contributed by atoms with E-state index in [1.807, 2.05) is 18.5 Å². The van der Waals surface area contributed by atoms with Crippen LogP contribution >= 0.6 is 11.6 Å². The molecule has 0 aromatic carbocycles. The summed E-state index contributed by atoms with van der Waals surface area (Å²) in [5, 5.41) is 8.71. The molecule has 2 atom stereocenters. The first-order valence-electron chi connectivity index (χ1n) is 10.9. The second-order valence-corrected chi connectivity index (χ2v) is 9.98. The van der Waals surface area contributed by atoms with Gasteiger partial charge in [-0.05, 0) is 88.4 Å². The number of hydrogen-bond donors (Lipinski definition) is 1. The molecule has 5 rings (SSSR count). The average molecular weight is 392 g/mol. The van der Waals surface area contributed by atoms with Crippen molar-refractivity contribution in [2.24, 2.45) is 23.2 Å². The number of nitrogens with one attached hydrogen (secondary N) is 1. The highest BCUT2D eigenvalue weighted by Crippen LogP contribution is 2.61. The number of hydrogen-bond acceptors (Lipinski definition) is 2. The van der Waals surface area contributed by atoms with Gasteiger partial charge >= 0.3 is 0 Å². The van der Waals surface area contributed by atoms with Gasteiger partial charge in [-0.2, -0.15) is 5.10 Å². The molecule has 0 radical (unpaired) electrons. The lowest BCUT2D eigenvalue weighted by molar-refractivity contribution is -0.130. The first-order chi connectivity index (χ1) is 12.9. The predicted octanol–water partition coefficient (Wildman–Crippen LogP) is 5.22. The highest BCUT2D eigenvalue weighted by atomic mass is 35.5. The van der Waals surface area contributed by atoms with Gasteiger partial charge in [-0.1, -0.05) is 25.4 Å². The largest absolute Gasteiger partial charge is 0.351 e. The fraction of sp³-hybridized carbons (Fsp3) is 0.818. The molecule has 1 heterocycles. The summed E-state index contributed by atoms with van der Waals surface area (Å²) in [4.78, 5) is 13.3. The molecule has 1 amide bonds. The highest BCUT2D eigenvalue weighted by molar-refractivity contribution is 6.31. The van der Waals surface area contributed by atoms with Gasteiger partial charge in [0.25, 0.3) is 0 Å². The Labute approximate surface area is 168 Å². The second kappa shape index (κ2) is 7.09. The maximum absolute atomic E-state index is 13.3. The molecule has 5 heteroatoms. The maximum Gasteiger partial charge on any atom is 0.245 e. The summed E-state index contributed by atoms with van der Waals surface area (Å²) in [6, 6.07) is 0.0130. The number of aromatic nitrogens is 2. The van der Waals surface area contributed by atoms with Gasteiger partial charge in [-0.15, -0.1) is 0 Å². The monoisotopic (exact) mass is 391 g/mol. The molecule has 0 spiro atoms. The third kappa shape index (κ3) is 3.22. The molecule has 4 nitrogen and oxygen atoms in total. The molecular formula is C22H34ClN3O. The molecule has 4 aliphatic carbocycles. The number of carbonyl (C=O) groups is 1. The summed E-state index contributed by atoms with van der Waals surface area (Å²) in [7, 11) is 0. The van der Waals surface area contributed by atoms with Crippen molar-refractivity contribution < 1.29 is 4.79 Å². The van der Waals surface area contributed by atoms with E-state index >= 15 is 0 Å². The maximum atomic E-state index is 13.3. The molecule has 4 fully saturated rings. The average Bonchev–Trinajstić information content (AvgIpc) is 2.86. The van der Waals surface area contributed by atoms with Crippen molar-refractivity contribution in [2.75, 3.05) is 0 Å². The van der Waals surface area contributed by atoms with Gasteiger partial charge in [-0.25, -0.2) is 0 Å². The second-order valence-electron chi connectivity index (χ2n) is 9.60. The van der Waals surface area contributed by atoms with Gasteiger partial charge in [0.15, 0.2) is 0 Å². The quantitative estimate of drug-likeness (QED) is 0.722. The standard InChI is InChI=1S/C22H34ClN3O/c1-5-18(26-14(4)20(23)13(3)25-26)21(27)24-19(6-2)22-10-15-7-16(11-22)9-17(8-15)12-22/h15-19H,5-12H2,1-4H3,(H,24,27). The number of aryl methyl sites for hydroxylation is 1. The Kier molecular flexibility index (Phi) is 5.07. The van der Waals surface area contributed by atoms with Crippen molar-refractivity contribution in [1.82, 2.24) is 15.1 Å². The molecule has 1 N–H and O–H groups in total. The lowest BCUT2D eigenvalue weighted by Gasteiger charge is -2.59. The first kappa shape index (κ1) is 19.3. The van der Waals surface area contributed by atoms with Gasteiger partial charge in [0, 0.05) is 6.04 Å². The van der Waals surface area contributed by atoms with Crippen LogP contribution in [-0.4, -0.2) is 21.7 Å². The topological polar surface area (TPSA) is 46.9 Å². The fourth-order valence-corrected chi connectivity index (χ4v) is 7.10. The number of halogens is 1. The Morgan fingerprint density at radius 3 is 2.11 bits per heavy atom. The van der Waals surface area contributed by atoms with Crippen LogP contribution in [0.3, 0.4) is 0 Å². The van der Waals surface area contributed by atoms with Crippen LogP contribution in [0, 0.1) is 37.0 Å². The Bertz CT molecular complexity index is 690. The molecule has 4 bridgehead atoms. The Balaban J connectivity index is 1.54. The highest BCUT2D eigenvalue weighted by Gasteiger charge is 2.54. The molecule has 4 aliphatic rings. The molecule has 150 valence electrons. The number of amides is 1. The van der Waals surface area contributed by atoms with E-state index in [0.29, 0.717) is 16.5 Å². The summed E-state index contributed by atoms with van der Waals surface area (Å²) >= 11 is 6.33. The predicted molar refractivity (Wildman–Crippen MR) is 109 cm³/mol. The SMILES string of the molecule is CCC(C(=O)NC(CC)C12CC3CC(CC(C3)C1)C2)n1nc(C)c(Cl)c1C. The van der Waals surface area contributed by atoms with Crippen molar-refractivity contribution in [3.63, 3.8) is 0 Å². The first-order valence-corrected chi connectivity index (χ1v) is 11.3. The van der Waals surface area contributed by atoms with Crippen LogP contribution in [0.5, 0.6) is 0 Å². The molecule has 27 heavy (non-hydrogen) atoms. The summed E-state index contributed by atoms with van der Waals surface area (Å²) in [6.45, 7) is 8.15. The Hall–Kier alpha value is -1.03. The van der Waals surface area contributed by atoms with E-state index < -0.39 is 0 Å². The minimum atomic E-state index is -0.279. The minimum absolute atomic E-state index is 0.113. The van der Waals surface area contributed by atoms with E-state index in [-0.39, 0.29) is 11.9 Å². The van der Waals surface area contributed by atoms with Crippen molar-refractivity contribution in [2.45, 2.75) is 91.1 Å². The molecule has 1 aromatic rings. The zero-order valence-electron chi connectivity index (χ0n) is 17.2. The molecule has 1 aromatic heterocycles. The normalized spacial score (nSPS) is 33.9. The van der Waals surface area contributed by atoms with E-state index in [1.54, 1.807) is 0 Å². The molecule has 2 unspecified atom stereocenters. The number of nitrogens with zero attached hydrogens (tertiary/aromatic N) is 2. The van der Waals surface area contributed by atoms with E-state index in [2.05, 4.69) is 24.3 Å². The van der Waals surface area contributed by atoms with E-state index in [4.69, 9.17) is 11.6 Å². The third-order valence-corrected chi connectivity index (χ3v) is 8.32. The molecule has 4 saturated carbocycles. The van der Waals surface area contributed by atoms with E-state index in [0.717, 1.165) is 42.0 Å². The smallest absolute Gasteiger partial charge is 0.245 e. The zero-order valence-corrected chi connectivity index (χ0v) is 18.0. The lowest BCUT2D eigenvalue weighted by Crippen LogP contribution is -2.57. The lowest BCUT2D eigenvalue weighted by atomic mass is 9.47. The fourth-order valence-electron chi connectivity index (χ4n) is 6.98. The molecule has 0 aliphatic heterocycles. The van der Waals surface area contributed by atoms with Crippen LogP contribution in [0.15, 0.2) is 0 Å². The van der Waals surface area contributed by atoms with Crippen LogP contribution in [0.2, 0.25) is 5.02 Å². The van der Waals surface area contributed by atoms with Crippen LogP contribution in [0.25, 0.3) is 0 Å². The van der Waals surface area contributed by atoms with Gasteiger partial charge in [-0.3, -0.25) is 9.48 Å². The third-order valence-electron chi connectivity index (χ3n) is 7.77. The van der Waals surface area contributed by atoms with Crippen LogP contribution in [0.1, 0.15) is 82.6 Å². The van der Waals surface area contributed by atoms with Gasteiger partial charge in [0.2, 0.25) is 5.91 Å². The van der Waals surface area contributed by atoms with Crippen LogP contribution < -0.4 is 5.32 Å². The summed E-state index contributed by atoms with van der Waals surface area (Å²) in [5.41, 5.74) is 2.03. The minimum Gasteiger partial charge on any atom is -0.351 e. The summed E-state index contributed by atoms with van der Waals surface area (Å²) < 4.78 is 1.83. The molecular weight excluding hydrogens is 358 g/mol. The van der Waals surface area contributed by atoms with Crippen molar-refractivity contribution in [1.29, 1.82) is 0 Å². The van der Waals surface area contributed by atoms with Gasteiger partial charge in [0.05, 0.1) is 16.4 Å². The van der Waals surface area contributed by atoms with Gasteiger partial charge in [0.1, 0.15) is 6.04 Å². The van der Waals surface area contributed by atoms with Crippen LogP contribution in [-0.2, 0) is 4.79 Å². The van der Waals surface area contributed by atoms with E-state index in [9.17, 15) is 4.79 Å². The van der Waals surface area contributed by atoms with Crippen LogP contribution in [0.4, 0.5) is 0 Å². The summed E-state index contributed by atoms with van der Waals surface area (Å²) in [6.07, 6.45) is 10.0. The summed E-state index contributed by atoms with van der Waals surface area (Å²) in [5.74, 6) is 2.82. The number of carbonyl (C=O) groups excluding carboxylic acids is 1.